The summed E-state index contributed by atoms with van der Waals surface area (Å²) in [6.07, 6.45) is 5.14. The first kappa shape index (κ1) is 9.22. The van der Waals surface area contributed by atoms with Crippen molar-refractivity contribution in [2.45, 2.75) is 32.6 Å². The van der Waals surface area contributed by atoms with Crippen LogP contribution in [-0.4, -0.2) is 5.33 Å². The summed E-state index contributed by atoms with van der Waals surface area (Å²) in [5.74, 6) is 0. The number of rotatable bonds is 5. The lowest BCUT2D eigenvalue weighted by Crippen LogP contribution is -1.81. The highest BCUT2D eigenvalue weighted by Crippen LogP contribution is 2.08. The average molecular weight is 191 g/mol. The van der Waals surface area contributed by atoms with Crippen LogP contribution in [0.25, 0.3) is 0 Å². The maximum absolute atomic E-state index is 3.90. The minimum Gasteiger partial charge on any atom is -0.0990 e. The van der Waals surface area contributed by atoms with Crippen LogP contribution >= 0.6 is 15.9 Å². The molecule has 0 unspecified atom stereocenters. The molecule has 0 saturated heterocycles. The fourth-order valence-electron chi connectivity index (χ4n) is 0.692. The van der Waals surface area contributed by atoms with Crippen LogP contribution in [-0.2, 0) is 0 Å². The largest absolute Gasteiger partial charge is 0.0990 e. The van der Waals surface area contributed by atoms with Gasteiger partial charge < -0.3 is 0 Å². The van der Waals surface area contributed by atoms with E-state index in [4.69, 9.17) is 0 Å². The lowest BCUT2D eigenvalue weighted by atomic mass is 10.1. The van der Waals surface area contributed by atoms with Crippen molar-refractivity contribution < 1.29 is 0 Å². The molecule has 0 N–H and O–H groups in total. The Labute approximate surface area is 66.5 Å². The molecule has 0 aliphatic rings. The van der Waals surface area contributed by atoms with Crippen molar-refractivity contribution in [1.29, 1.82) is 0 Å². The zero-order valence-corrected chi connectivity index (χ0v) is 7.71. The monoisotopic (exact) mass is 190 g/mol. The fraction of sp³-hybridized carbons (Fsp3) is 0.750. The second-order valence-corrected chi connectivity index (χ2v) is 2.90. The minimum atomic E-state index is 0.969. The summed E-state index contributed by atoms with van der Waals surface area (Å²) in [5.41, 5.74) is 1.32. The molecule has 9 heavy (non-hydrogen) atoms. The van der Waals surface area contributed by atoms with Crippen molar-refractivity contribution in [2.75, 3.05) is 5.33 Å². The normalized spacial score (nSPS) is 9.56. The zero-order chi connectivity index (χ0) is 7.11. The number of halogens is 1. The number of alkyl halides is 1. The van der Waals surface area contributed by atoms with E-state index >= 15 is 0 Å². The van der Waals surface area contributed by atoms with Crippen molar-refractivity contribution in [1.82, 2.24) is 0 Å². The molecule has 0 rings (SSSR count). The SMILES string of the molecule is C=C(CBr)CCCCC. The molecular formula is C8H15Br. The van der Waals surface area contributed by atoms with E-state index in [0.717, 1.165) is 5.33 Å². The third-order valence-electron chi connectivity index (χ3n) is 1.32. The van der Waals surface area contributed by atoms with Crippen LogP contribution in [0.2, 0.25) is 0 Å². The van der Waals surface area contributed by atoms with Crippen molar-refractivity contribution >= 4 is 15.9 Å². The second-order valence-electron chi connectivity index (χ2n) is 2.34. The number of allylic oxidation sites excluding steroid dienone is 1. The molecule has 0 nitrogen and oxygen atoms in total. The Bertz CT molecular complexity index is 76.6. The number of unbranched alkanes of at least 4 members (excludes halogenated alkanes) is 2. The van der Waals surface area contributed by atoms with Gasteiger partial charge in [0.2, 0.25) is 0 Å². The van der Waals surface area contributed by atoms with Crippen LogP contribution in [0.4, 0.5) is 0 Å². The van der Waals surface area contributed by atoms with E-state index in [1.165, 1.54) is 31.3 Å². The number of hydrogen-bond donors (Lipinski definition) is 0. The molecule has 1 heteroatoms. The second kappa shape index (κ2) is 6.34. The first-order chi connectivity index (χ1) is 4.31. The van der Waals surface area contributed by atoms with Gasteiger partial charge in [-0.25, -0.2) is 0 Å². The Morgan fingerprint density at radius 1 is 1.44 bits per heavy atom. The average Bonchev–Trinajstić information content (AvgIpc) is 1.89. The molecule has 0 radical (unpaired) electrons. The maximum atomic E-state index is 3.90. The summed E-state index contributed by atoms with van der Waals surface area (Å²) in [5, 5.41) is 0.969. The highest BCUT2D eigenvalue weighted by molar-refractivity contribution is 9.09. The highest BCUT2D eigenvalue weighted by Gasteiger charge is 1.89. The van der Waals surface area contributed by atoms with Gasteiger partial charge in [0, 0.05) is 5.33 Å². The van der Waals surface area contributed by atoms with E-state index in [-0.39, 0.29) is 0 Å². The first-order valence-electron chi connectivity index (χ1n) is 3.54. The van der Waals surface area contributed by atoms with Gasteiger partial charge in [0.15, 0.2) is 0 Å². The Hall–Kier alpha value is 0.220. The van der Waals surface area contributed by atoms with E-state index in [2.05, 4.69) is 29.4 Å². The highest BCUT2D eigenvalue weighted by atomic mass is 79.9. The molecule has 0 saturated carbocycles. The molecular weight excluding hydrogens is 176 g/mol. The Morgan fingerprint density at radius 2 is 2.11 bits per heavy atom. The summed E-state index contributed by atoms with van der Waals surface area (Å²) in [6.45, 7) is 6.12. The minimum absolute atomic E-state index is 0.969. The van der Waals surface area contributed by atoms with Crippen LogP contribution in [0.5, 0.6) is 0 Å². The topological polar surface area (TPSA) is 0 Å². The third-order valence-corrected chi connectivity index (χ3v) is 2.12. The molecule has 0 aliphatic carbocycles. The maximum Gasteiger partial charge on any atom is 0.0239 e. The molecule has 54 valence electrons. The third kappa shape index (κ3) is 6.10. The standard InChI is InChI=1S/C8H15Br/c1-3-4-5-6-8(2)7-9/h2-7H2,1H3. The number of hydrogen-bond acceptors (Lipinski definition) is 0. The van der Waals surface area contributed by atoms with E-state index < -0.39 is 0 Å². The summed E-state index contributed by atoms with van der Waals surface area (Å²) in [6, 6.07) is 0. The van der Waals surface area contributed by atoms with Crippen LogP contribution < -0.4 is 0 Å². The lowest BCUT2D eigenvalue weighted by Gasteiger charge is -1.98. The van der Waals surface area contributed by atoms with Gasteiger partial charge in [-0.2, -0.15) is 0 Å². The van der Waals surface area contributed by atoms with Crippen molar-refractivity contribution in [2.24, 2.45) is 0 Å². The van der Waals surface area contributed by atoms with Crippen molar-refractivity contribution in [3.63, 3.8) is 0 Å². The Balaban J connectivity index is 2.97. The first-order valence-corrected chi connectivity index (χ1v) is 4.66. The van der Waals surface area contributed by atoms with E-state index in [0.29, 0.717) is 0 Å². The summed E-state index contributed by atoms with van der Waals surface area (Å²) < 4.78 is 0. The van der Waals surface area contributed by atoms with E-state index in [1.54, 1.807) is 0 Å². The molecule has 0 amide bonds. The smallest absolute Gasteiger partial charge is 0.0239 e. The molecule has 0 bridgehead atoms. The zero-order valence-electron chi connectivity index (χ0n) is 6.12. The van der Waals surface area contributed by atoms with Gasteiger partial charge >= 0.3 is 0 Å². The molecule has 0 fully saturated rings. The van der Waals surface area contributed by atoms with Gasteiger partial charge in [0.1, 0.15) is 0 Å². The molecule has 0 aromatic heterocycles. The molecule has 0 atom stereocenters. The predicted molar refractivity (Wildman–Crippen MR) is 47.1 cm³/mol. The summed E-state index contributed by atoms with van der Waals surface area (Å²) >= 11 is 3.37. The van der Waals surface area contributed by atoms with Gasteiger partial charge in [-0.3, -0.25) is 0 Å². The fourth-order valence-corrected chi connectivity index (χ4v) is 0.972. The van der Waals surface area contributed by atoms with E-state index in [1.807, 2.05) is 0 Å². The molecule has 0 aromatic carbocycles. The van der Waals surface area contributed by atoms with Crippen LogP contribution in [0.15, 0.2) is 12.2 Å². The van der Waals surface area contributed by atoms with E-state index in [9.17, 15) is 0 Å². The van der Waals surface area contributed by atoms with Gasteiger partial charge in [-0.1, -0.05) is 47.8 Å². The van der Waals surface area contributed by atoms with Crippen LogP contribution in [0.1, 0.15) is 32.6 Å². The van der Waals surface area contributed by atoms with Crippen LogP contribution in [0, 0.1) is 0 Å². The molecule has 0 heterocycles. The van der Waals surface area contributed by atoms with Gasteiger partial charge in [-0.05, 0) is 12.8 Å². The predicted octanol–water partition coefficient (Wildman–Crippen LogP) is 3.52. The Morgan fingerprint density at radius 3 is 2.56 bits per heavy atom. The summed E-state index contributed by atoms with van der Waals surface area (Å²) in [7, 11) is 0. The molecule has 0 aromatic rings. The molecule has 0 spiro atoms. The molecule has 0 aliphatic heterocycles. The van der Waals surface area contributed by atoms with Gasteiger partial charge in [0.05, 0.1) is 0 Å². The quantitative estimate of drug-likeness (QED) is 0.354. The van der Waals surface area contributed by atoms with Crippen molar-refractivity contribution in [3.8, 4) is 0 Å². The van der Waals surface area contributed by atoms with Crippen molar-refractivity contribution in [3.05, 3.63) is 12.2 Å². The van der Waals surface area contributed by atoms with Gasteiger partial charge in [0.25, 0.3) is 0 Å². The lowest BCUT2D eigenvalue weighted by molar-refractivity contribution is 0.716. The van der Waals surface area contributed by atoms with Gasteiger partial charge in [-0.15, -0.1) is 0 Å². The van der Waals surface area contributed by atoms with Crippen LogP contribution in [0.3, 0.4) is 0 Å². The summed E-state index contributed by atoms with van der Waals surface area (Å²) in [4.78, 5) is 0. The Kier molecular flexibility index (Phi) is 6.50.